The van der Waals surface area contributed by atoms with E-state index in [9.17, 15) is 0 Å². The van der Waals surface area contributed by atoms with Gasteiger partial charge in [-0.15, -0.1) is 0 Å². The second-order valence-corrected chi connectivity index (χ2v) is 5.00. The minimum Gasteiger partial charge on any atom is -0.374 e. The van der Waals surface area contributed by atoms with Crippen LogP contribution in [0.1, 0.15) is 25.3 Å². The van der Waals surface area contributed by atoms with Crippen molar-refractivity contribution in [3.8, 4) is 0 Å². The van der Waals surface area contributed by atoms with Gasteiger partial charge in [-0.1, -0.05) is 29.8 Å². The molecule has 1 unspecified atom stereocenters. The van der Waals surface area contributed by atoms with E-state index in [-0.39, 0.29) is 5.60 Å². The summed E-state index contributed by atoms with van der Waals surface area (Å²) in [7, 11) is 0. The summed E-state index contributed by atoms with van der Waals surface area (Å²) in [6.07, 6.45) is 2.31. The van der Waals surface area contributed by atoms with Crippen LogP contribution < -0.4 is 5.32 Å². The first-order valence-electron chi connectivity index (χ1n) is 5.78. The number of rotatable bonds is 4. The van der Waals surface area contributed by atoms with Gasteiger partial charge in [0, 0.05) is 24.7 Å². The normalized spacial score (nSPS) is 24.9. The van der Waals surface area contributed by atoms with E-state index in [0.717, 1.165) is 36.7 Å². The predicted octanol–water partition coefficient (Wildman–Crippen LogP) is 3.00. The summed E-state index contributed by atoms with van der Waals surface area (Å²) in [5, 5.41) is 4.24. The highest BCUT2D eigenvalue weighted by Crippen LogP contribution is 2.24. The SMILES string of the molecule is CC1(CNCc2ccccc2Cl)CCCO1. The average Bonchev–Trinajstić information content (AvgIpc) is 2.68. The van der Waals surface area contributed by atoms with Gasteiger partial charge in [0.25, 0.3) is 0 Å². The van der Waals surface area contributed by atoms with Crippen LogP contribution in [-0.4, -0.2) is 18.8 Å². The monoisotopic (exact) mass is 239 g/mol. The number of hydrogen-bond donors (Lipinski definition) is 1. The molecule has 1 saturated heterocycles. The van der Waals surface area contributed by atoms with Gasteiger partial charge in [-0.3, -0.25) is 0 Å². The Bertz CT molecular complexity index is 348. The molecule has 0 aromatic heterocycles. The number of ether oxygens (including phenoxy) is 1. The Morgan fingerprint density at radius 3 is 2.94 bits per heavy atom. The molecule has 3 heteroatoms. The molecule has 1 aliphatic rings. The molecule has 0 aliphatic carbocycles. The molecule has 1 aliphatic heterocycles. The summed E-state index contributed by atoms with van der Waals surface area (Å²) < 4.78 is 5.71. The van der Waals surface area contributed by atoms with E-state index in [0.29, 0.717) is 0 Å². The quantitative estimate of drug-likeness (QED) is 0.872. The van der Waals surface area contributed by atoms with E-state index in [1.807, 2.05) is 24.3 Å². The summed E-state index contributed by atoms with van der Waals surface area (Å²) >= 11 is 6.08. The van der Waals surface area contributed by atoms with Crippen molar-refractivity contribution >= 4 is 11.6 Å². The number of benzene rings is 1. The minimum absolute atomic E-state index is 0.0151. The maximum Gasteiger partial charge on any atom is 0.0779 e. The first-order chi connectivity index (χ1) is 7.70. The van der Waals surface area contributed by atoms with Crippen LogP contribution in [0.15, 0.2) is 24.3 Å². The predicted molar refractivity (Wildman–Crippen MR) is 66.7 cm³/mol. The van der Waals surface area contributed by atoms with E-state index >= 15 is 0 Å². The lowest BCUT2D eigenvalue weighted by Crippen LogP contribution is -2.36. The van der Waals surface area contributed by atoms with E-state index in [1.165, 1.54) is 6.42 Å². The molecule has 1 N–H and O–H groups in total. The number of nitrogens with one attached hydrogen (secondary N) is 1. The molecule has 2 rings (SSSR count). The van der Waals surface area contributed by atoms with Gasteiger partial charge in [-0.2, -0.15) is 0 Å². The Morgan fingerprint density at radius 1 is 1.44 bits per heavy atom. The molecule has 0 saturated carbocycles. The standard InChI is InChI=1S/C13H18ClNO/c1-13(7-4-8-16-13)10-15-9-11-5-2-3-6-12(11)14/h2-3,5-6,15H,4,7-10H2,1H3. The molecule has 1 aromatic rings. The van der Waals surface area contributed by atoms with Crippen LogP contribution in [0.5, 0.6) is 0 Å². The first kappa shape index (κ1) is 11.9. The molecular formula is C13H18ClNO. The maximum atomic E-state index is 6.08. The third kappa shape index (κ3) is 2.97. The van der Waals surface area contributed by atoms with E-state index in [4.69, 9.17) is 16.3 Å². The molecule has 1 heterocycles. The lowest BCUT2D eigenvalue weighted by Gasteiger charge is -2.23. The topological polar surface area (TPSA) is 21.3 Å². The molecule has 1 atom stereocenters. The molecule has 16 heavy (non-hydrogen) atoms. The van der Waals surface area contributed by atoms with Crippen LogP contribution in [-0.2, 0) is 11.3 Å². The number of hydrogen-bond acceptors (Lipinski definition) is 2. The third-order valence-corrected chi connectivity index (χ3v) is 3.44. The minimum atomic E-state index is 0.0151. The van der Waals surface area contributed by atoms with Crippen LogP contribution in [0.25, 0.3) is 0 Å². The molecular weight excluding hydrogens is 222 g/mol. The van der Waals surface area contributed by atoms with Crippen molar-refractivity contribution in [2.24, 2.45) is 0 Å². The van der Waals surface area contributed by atoms with Gasteiger partial charge < -0.3 is 10.1 Å². The van der Waals surface area contributed by atoms with E-state index in [2.05, 4.69) is 12.2 Å². The highest BCUT2D eigenvalue weighted by molar-refractivity contribution is 6.31. The summed E-state index contributed by atoms with van der Waals surface area (Å²) in [4.78, 5) is 0. The Morgan fingerprint density at radius 2 is 2.25 bits per heavy atom. The van der Waals surface area contributed by atoms with Crippen LogP contribution in [0.2, 0.25) is 5.02 Å². The second-order valence-electron chi connectivity index (χ2n) is 4.60. The molecule has 2 nitrogen and oxygen atoms in total. The highest BCUT2D eigenvalue weighted by Gasteiger charge is 2.28. The summed E-state index contributed by atoms with van der Waals surface area (Å²) in [6.45, 7) is 4.75. The van der Waals surface area contributed by atoms with E-state index < -0.39 is 0 Å². The zero-order valence-corrected chi connectivity index (χ0v) is 10.4. The Kier molecular flexibility index (Phi) is 3.85. The van der Waals surface area contributed by atoms with Gasteiger partial charge in [0.05, 0.1) is 5.60 Å². The van der Waals surface area contributed by atoms with Crippen molar-refractivity contribution in [2.45, 2.75) is 31.9 Å². The summed E-state index contributed by atoms with van der Waals surface area (Å²) in [6, 6.07) is 7.93. The van der Waals surface area contributed by atoms with Crippen LogP contribution in [0.4, 0.5) is 0 Å². The second kappa shape index (κ2) is 5.17. The van der Waals surface area contributed by atoms with Crippen molar-refractivity contribution in [1.82, 2.24) is 5.32 Å². The van der Waals surface area contributed by atoms with Gasteiger partial charge in [0.2, 0.25) is 0 Å². The highest BCUT2D eigenvalue weighted by atomic mass is 35.5. The van der Waals surface area contributed by atoms with Crippen molar-refractivity contribution in [3.63, 3.8) is 0 Å². The van der Waals surface area contributed by atoms with Crippen LogP contribution in [0, 0.1) is 0 Å². The zero-order valence-electron chi connectivity index (χ0n) is 9.63. The fourth-order valence-corrected chi connectivity index (χ4v) is 2.28. The molecule has 88 valence electrons. The molecule has 1 aromatic carbocycles. The molecule has 1 fully saturated rings. The van der Waals surface area contributed by atoms with Gasteiger partial charge in [0.1, 0.15) is 0 Å². The van der Waals surface area contributed by atoms with Crippen LogP contribution >= 0.6 is 11.6 Å². The Labute approximate surface area is 102 Å². The lowest BCUT2D eigenvalue weighted by atomic mass is 10.0. The fourth-order valence-electron chi connectivity index (χ4n) is 2.08. The lowest BCUT2D eigenvalue weighted by molar-refractivity contribution is 0.0207. The first-order valence-corrected chi connectivity index (χ1v) is 6.15. The maximum absolute atomic E-state index is 6.08. The summed E-state index contributed by atoms with van der Waals surface area (Å²) in [5.74, 6) is 0. The molecule has 0 radical (unpaired) electrons. The van der Waals surface area contributed by atoms with Gasteiger partial charge in [0.15, 0.2) is 0 Å². The van der Waals surface area contributed by atoms with Gasteiger partial charge in [-0.05, 0) is 31.4 Å². The average molecular weight is 240 g/mol. The number of halogens is 1. The van der Waals surface area contributed by atoms with Crippen molar-refractivity contribution in [3.05, 3.63) is 34.9 Å². The van der Waals surface area contributed by atoms with Crippen molar-refractivity contribution in [2.75, 3.05) is 13.2 Å². The van der Waals surface area contributed by atoms with Gasteiger partial charge in [-0.25, -0.2) is 0 Å². The molecule has 0 amide bonds. The Hall–Kier alpha value is -0.570. The fraction of sp³-hybridized carbons (Fsp3) is 0.538. The summed E-state index contributed by atoms with van der Waals surface area (Å²) in [5.41, 5.74) is 1.16. The third-order valence-electron chi connectivity index (χ3n) is 3.07. The zero-order chi connectivity index (χ0) is 11.4. The van der Waals surface area contributed by atoms with E-state index in [1.54, 1.807) is 0 Å². The largest absolute Gasteiger partial charge is 0.374 e. The van der Waals surface area contributed by atoms with Crippen molar-refractivity contribution < 1.29 is 4.74 Å². The smallest absolute Gasteiger partial charge is 0.0779 e. The van der Waals surface area contributed by atoms with Crippen LogP contribution in [0.3, 0.4) is 0 Å². The van der Waals surface area contributed by atoms with Gasteiger partial charge >= 0.3 is 0 Å². The molecule has 0 spiro atoms. The Balaban J connectivity index is 1.82. The van der Waals surface area contributed by atoms with Crippen molar-refractivity contribution in [1.29, 1.82) is 0 Å². The molecule has 0 bridgehead atoms.